The number of piperidine rings is 1. The Labute approximate surface area is 165 Å². The summed E-state index contributed by atoms with van der Waals surface area (Å²) in [6.07, 6.45) is 5.53. The third-order valence-corrected chi connectivity index (χ3v) is 6.10. The lowest BCUT2D eigenvalue weighted by molar-refractivity contribution is -0.128. The van der Waals surface area contributed by atoms with Gasteiger partial charge in [-0.15, -0.1) is 0 Å². The van der Waals surface area contributed by atoms with Crippen LogP contribution in [-0.4, -0.2) is 29.7 Å². The fourth-order valence-corrected chi connectivity index (χ4v) is 4.65. The fraction of sp³-hybridized carbons (Fsp3) is 0.455. The highest BCUT2D eigenvalue weighted by Gasteiger charge is 2.39. The van der Waals surface area contributed by atoms with E-state index in [9.17, 15) is 9.59 Å². The van der Waals surface area contributed by atoms with Crippen molar-refractivity contribution in [3.8, 4) is 0 Å². The number of likely N-dealkylation sites (tertiary alicyclic amines) is 1. The highest BCUT2D eigenvalue weighted by atomic mass is 35.5. The van der Waals surface area contributed by atoms with Gasteiger partial charge in [0.2, 0.25) is 0 Å². The monoisotopic (exact) mass is 384 g/mol. The van der Waals surface area contributed by atoms with Crippen molar-refractivity contribution in [2.75, 3.05) is 13.1 Å². The molecule has 0 unspecified atom stereocenters. The lowest BCUT2D eigenvalue weighted by Gasteiger charge is -2.37. The molecule has 5 heteroatoms. The number of benzene rings is 1. The molecule has 1 atom stereocenters. The van der Waals surface area contributed by atoms with Crippen molar-refractivity contribution in [3.05, 3.63) is 57.4 Å². The number of allylic oxidation sites excluding steroid dienone is 3. The first-order valence-electron chi connectivity index (χ1n) is 9.85. The second-order valence-electron chi connectivity index (χ2n) is 7.67. The van der Waals surface area contributed by atoms with Crippen molar-refractivity contribution in [2.24, 2.45) is 0 Å². The summed E-state index contributed by atoms with van der Waals surface area (Å²) in [7, 11) is 0. The fourth-order valence-electron chi connectivity index (χ4n) is 4.52. The van der Waals surface area contributed by atoms with E-state index < -0.39 is 0 Å². The van der Waals surface area contributed by atoms with Crippen LogP contribution >= 0.6 is 11.6 Å². The van der Waals surface area contributed by atoms with E-state index in [4.69, 9.17) is 11.6 Å². The summed E-state index contributed by atoms with van der Waals surface area (Å²) >= 11 is 6.09. The van der Waals surface area contributed by atoms with Gasteiger partial charge in [0, 0.05) is 53.0 Å². The van der Waals surface area contributed by atoms with Gasteiger partial charge in [0.25, 0.3) is 5.91 Å². The van der Waals surface area contributed by atoms with Crippen molar-refractivity contribution < 1.29 is 9.59 Å². The highest BCUT2D eigenvalue weighted by Crippen LogP contribution is 2.43. The number of halogens is 1. The van der Waals surface area contributed by atoms with Crippen LogP contribution in [0.1, 0.15) is 56.9 Å². The zero-order valence-corrected chi connectivity index (χ0v) is 16.4. The normalized spacial score (nSPS) is 23.3. The third-order valence-electron chi connectivity index (χ3n) is 5.85. The van der Waals surface area contributed by atoms with Crippen LogP contribution in [0.15, 0.2) is 46.8 Å². The molecule has 4 rings (SSSR count). The van der Waals surface area contributed by atoms with Gasteiger partial charge in [0.05, 0.1) is 0 Å². The number of carbonyl (C=O) groups is 2. The van der Waals surface area contributed by atoms with Gasteiger partial charge < -0.3 is 10.2 Å². The molecule has 2 heterocycles. The smallest absolute Gasteiger partial charge is 0.252 e. The lowest BCUT2D eigenvalue weighted by atomic mass is 9.75. The molecule has 1 fully saturated rings. The molecule has 0 radical (unpaired) electrons. The summed E-state index contributed by atoms with van der Waals surface area (Å²) in [6, 6.07) is 7.57. The number of dihydropyridines is 1. The molecule has 1 aromatic carbocycles. The van der Waals surface area contributed by atoms with Crippen LogP contribution in [0.5, 0.6) is 0 Å². The minimum absolute atomic E-state index is 0.0598. The molecule has 0 saturated carbocycles. The van der Waals surface area contributed by atoms with Gasteiger partial charge >= 0.3 is 0 Å². The SMILES string of the molecule is CC1=C(C(=O)N2CCCCC2)[C@H](c2ccc(Cl)cc2)C2=C(CCCC2=O)N1. The van der Waals surface area contributed by atoms with Crippen LogP contribution in [0, 0.1) is 0 Å². The van der Waals surface area contributed by atoms with E-state index in [0.717, 1.165) is 61.3 Å². The van der Waals surface area contributed by atoms with Crippen molar-refractivity contribution in [2.45, 2.75) is 51.4 Å². The van der Waals surface area contributed by atoms with Gasteiger partial charge in [-0.3, -0.25) is 9.59 Å². The minimum Gasteiger partial charge on any atom is -0.362 e. The zero-order chi connectivity index (χ0) is 19.0. The lowest BCUT2D eigenvalue weighted by Crippen LogP contribution is -2.42. The first-order chi connectivity index (χ1) is 13.1. The molecule has 1 saturated heterocycles. The molecule has 4 nitrogen and oxygen atoms in total. The van der Waals surface area contributed by atoms with Crippen molar-refractivity contribution in [1.29, 1.82) is 0 Å². The number of amides is 1. The Morgan fingerprint density at radius 1 is 1.07 bits per heavy atom. The van der Waals surface area contributed by atoms with Crippen LogP contribution in [0.3, 0.4) is 0 Å². The number of rotatable bonds is 2. The third kappa shape index (κ3) is 3.43. The molecular formula is C22H25ClN2O2. The summed E-state index contributed by atoms with van der Waals surface area (Å²) in [5.41, 5.74) is 4.31. The average Bonchev–Trinajstić information content (AvgIpc) is 2.68. The average molecular weight is 385 g/mol. The second kappa shape index (κ2) is 7.51. The highest BCUT2D eigenvalue weighted by molar-refractivity contribution is 6.30. The van der Waals surface area contributed by atoms with Crippen molar-refractivity contribution in [3.63, 3.8) is 0 Å². The minimum atomic E-state index is -0.305. The quantitative estimate of drug-likeness (QED) is 0.826. The predicted molar refractivity (Wildman–Crippen MR) is 106 cm³/mol. The molecule has 1 N–H and O–H groups in total. The Balaban J connectivity index is 1.80. The van der Waals surface area contributed by atoms with Crippen LogP contribution in [0.2, 0.25) is 5.02 Å². The summed E-state index contributed by atoms with van der Waals surface area (Å²) in [5.74, 6) is -0.0922. The van der Waals surface area contributed by atoms with Crippen LogP contribution in [0.4, 0.5) is 0 Å². The molecule has 3 aliphatic rings. The Morgan fingerprint density at radius 2 is 1.78 bits per heavy atom. The maximum absolute atomic E-state index is 13.5. The largest absolute Gasteiger partial charge is 0.362 e. The van der Waals surface area contributed by atoms with E-state index in [0.29, 0.717) is 17.0 Å². The van der Waals surface area contributed by atoms with Crippen LogP contribution in [0.25, 0.3) is 0 Å². The van der Waals surface area contributed by atoms with E-state index >= 15 is 0 Å². The zero-order valence-electron chi connectivity index (χ0n) is 15.7. The van der Waals surface area contributed by atoms with Crippen LogP contribution in [-0.2, 0) is 9.59 Å². The Morgan fingerprint density at radius 3 is 2.48 bits per heavy atom. The number of hydrogen-bond donors (Lipinski definition) is 1. The van der Waals surface area contributed by atoms with Gasteiger partial charge in [0.1, 0.15) is 0 Å². The van der Waals surface area contributed by atoms with Crippen LogP contribution < -0.4 is 5.32 Å². The number of ketones is 1. The second-order valence-corrected chi connectivity index (χ2v) is 8.11. The van der Waals surface area contributed by atoms with Gasteiger partial charge in [-0.05, 0) is 56.7 Å². The number of nitrogens with zero attached hydrogens (tertiary/aromatic N) is 1. The number of carbonyl (C=O) groups excluding carboxylic acids is 2. The van der Waals surface area contributed by atoms with E-state index in [2.05, 4.69) is 5.32 Å². The number of hydrogen-bond acceptors (Lipinski definition) is 3. The summed E-state index contributed by atoms with van der Waals surface area (Å²) < 4.78 is 0. The molecule has 0 bridgehead atoms. The first kappa shape index (κ1) is 18.3. The molecule has 142 valence electrons. The maximum Gasteiger partial charge on any atom is 0.252 e. The molecular weight excluding hydrogens is 360 g/mol. The predicted octanol–water partition coefficient (Wildman–Crippen LogP) is 4.32. The van der Waals surface area contributed by atoms with Gasteiger partial charge in [-0.1, -0.05) is 23.7 Å². The molecule has 1 aliphatic carbocycles. The van der Waals surface area contributed by atoms with E-state index in [1.165, 1.54) is 6.42 Å². The maximum atomic E-state index is 13.5. The number of nitrogens with one attached hydrogen (secondary N) is 1. The van der Waals surface area contributed by atoms with Crippen molar-refractivity contribution in [1.82, 2.24) is 10.2 Å². The first-order valence-corrected chi connectivity index (χ1v) is 10.2. The Kier molecular flexibility index (Phi) is 5.09. The van der Waals surface area contributed by atoms with E-state index in [-0.39, 0.29) is 17.6 Å². The van der Waals surface area contributed by atoms with E-state index in [1.54, 1.807) is 0 Å². The topological polar surface area (TPSA) is 49.4 Å². The summed E-state index contributed by atoms with van der Waals surface area (Å²) in [4.78, 5) is 28.3. The van der Waals surface area contributed by atoms with Gasteiger partial charge in [0.15, 0.2) is 5.78 Å². The summed E-state index contributed by atoms with van der Waals surface area (Å²) in [6.45, 7) is 3.55. The molecule has 2 aliphatic heterocycles. The Bertz CT molecular complexity index is 832. The van der Waals surface area contributed by atoms with Crippen molar-refractivity contribution >= 4 is 23.3 Å². The molecule has 0 spiro atoms. The molecule has 0 aromatic heterocycles. The molecule has 27 heavy (non-hydrogen) atoms. The van der Waals surface area contributed by atoms with Gasteiger partial charge in [-0.2, -0.15) is 0 Å². The summed E-state index contributed by atoms with van der Waals surface area (Å²) in [5, 5.41) is 4.05. The Hall–Kier alpha value is -2.07. The standard InChI is InChI=1S/C22H25ClN2O2/c1-14-19(22(27)25-12-3-2-4-13-25)20(15-8-10-16(23)11-9-15)21-17(24-14)6-5-7-18(21)26/h8-11,20,24H,2-7,12-13H2,1H3/t20-/m0/s1. The molecule has 1 aromatic rings. The van der Waals surface area contributed by atoms with Gasteiger partial charge in [-0.25, -0.2) is 0 Å². The van der Waals surface area contributed by atoms with E-state index in [1.807, 2.05) is 36.1 Å². The number of Topliss-reactive ketones (excluding diaryl/α,β-unsaturated/α-hetero) is 1. The molecule has 1 amide bonds.